The molecule has 1 N–H and O–H groups in total. The van der Waals surface area contributed by atoms with Crippen LogP contribution < -0.4 is 10.2 Å². The zero-order valence-corrected chi connectivity index (χ0v) is 13.2. The number of hydrogen-bond donors (Lipinski definition) is 1. The highest BCUT2D eigenvalue weighted by Crippen LogP contribution is 2.25. The summed E-state index contributed by atoms with van der Waals surface area (Å²) in [5.41, 5.74) is 3.00. The Balaban J connectivity index is 1.82. The van der Waals surface area contributed by atoms with Crippen molar-refractivity contribution in [2.45, 2.75) is 20.0 Å². The predicted molar refractivity (Wildman–Crippen MR) is 86.2 cm³/mol. The lowest BCUT2D eigenvalue weighted by molar-refractivity contribution is 0.0367. The minimum atomic E-state index is -0.0454. The summed E-state index contributed by atoms with van der Waals surface area (Å²) in [5.74, 6) is 1.73. The molecule has 116 valence electrons. The van der Waals surface area contributed by atoms with Crippen LogP contribution in [0.15, 0.2) is 24.4 Å². The molecule has 6 heteroatoms. The van der Waals surface area contributed by atoms with Gasteiger partial charge >= 0.3 is 0 Å². The molecule has 0 radical (unpaired) electrons. The molecule has 6 nitrogen and oxygen atoms in total. The Kier molecular flexibility index (Phi) is 4.20. The number of hydrogen-bond acceptors (Lipinski definition) is 6. The first-order chi connectivity index (χ1) is 10.7. The van der Waals surface area contributed by atoms with E-state index in [9.17, 15) is 0 Å². The molecule has 0 bridgehead atoms. The summed E-state index contributed by atoms with van der Waals surface area (Å²) in [4.78, 5) is 15.5. The van der Waals surface area contributed by atoms with Gasteiger partial charge in [-0.2, -0.15) is 0 Å². The molecule has 0 aliphatic carbocycles. The molecule has 3 rings (SSSR count). The van der Waals surface area contributed by atoms with E-state index >= 15 is 0 Å². The highest BCUT2D eigenvalue weighted by atomic mass is 16.5. The topological polar surface area (TPSA) is 63.2 Å². The number of nitrogens with one attached hydrogen (secondary N) is 1. The van der Waals surface area contributed by atoms with Gasteiger partial charge in [-0.1, -0.05) is 0 Å². The van der Waals surface area contributed by atoms with Crippen LogP contribution in [0.4, 0.5) is 11.5 Å². The van der Waals surface area contributed by atoms with Crippen LogP contribution >= 0.6 is 0 Å². The summed E-state index contributed by atoms with van der Waals surface area (Å²) in [6.07, 6.45) is 1.75. The molecule has 2 aromatic heterocycles. The first-order valence-corrected chi connectivity index (χ1v) is 7.48. The number of pyridine rings is 1. The van der Waals surface area contributed by atoms with Gasteiger partial charge in [-0.15, -0.1) is 0 Å². The standard InChI is InChI=1S/C16H21N5O/c1-11-8-13(17-3)9-14(19-11)15-10-21(6-7-22-15)16-4-5-18-12(2)20-16/h4-5,8-9,15H,6-7,10H2,1-3H3,(H,17,19)/t15-/m0/s1. The smallest absolute Gasteiger partial charge is 0.132 e. The zero-order chi connectivity index (χ0) is 15.5. The van der Waals surface area contributed by atoms with Gasteiger partial charge in [-0.05, 0) is 32.0 Å². The molecular formula is C16H21N5O. The van der Waals surface area contributed by atoms with Gasteiger partial charge in [0.15, 0.2) is 0 Å². The molecule has 1 atom stereocenters. The fraction of sp³-hybridized carbons (Fsp3) is 0.438. The second-order valence-corrected chi connectivity index (χ2v) is 5.44. The van der Waals surface area contributed by atoms with E-state index in [-0.39, 0.29) is 6.10 Å². The second-order valence-electron chi connectivity index (χ2n) is 5.44. The van der Waals surface area contributed by atoms with Gasteiger partial charge < -0.3 is 15.0 Å². The Bertz CT molecular complexity index is 661. The van der Waals surface area contributed by atoms with Crippen molar-refractivity contribution in [1.82, 2.24) is 15.0 Å². The first-order valence-electron chi connectivity index (χ1n) is 7.48. The molecule has 0 spiro atoms. The Hall–Kier alpha value is -2.21. The van der Waals surface area contributed by atoms with Gasteiger partial charge in [0.25, 0.3) is 0 Å². The third-order valence-corrected chi connectivity index (χ3v) is 3.74. The van der Waals surface area contributed by atoms with E-state index in [0.29, 0.717) is 6.61 Å². The maximum atomic E-state index is 5.93. The molecule has 1 saturated heterocycles. The van der Waals surface area contributed by atoms with Gasteiger partial charge in [-0.3, -0.25) is 4.98 Å². The molecule has 1 aliphatic heterocycles. The van der Waals surface area contributed by atoms with Crippen LogP contribution in [0.2, 0.25) is 0 Å². The molecule has 3 heterocycles. The number of rotatable bonds is 3. The van der Waals surface area contributed by atoms with Crippen molar-refractivity contribution in [3.63, 3.8) is 0 Å². The van der Waals surface area contributed by atoms with Crippen LogP contribution in [-0.4, -0.2) is 41.7 Å². The van der Waals surface area contributed by atoms with E-state index in [1.165, 1.54) is 0 Å². The third-order valence-electron chi connectivity index (χ3n) is 3.74. The van der Waals surface area contributed by atoms with E-state index in [2.05, 4.69) is 25.2 Å². The van der Waals surface area contributed by atoms with Gasteiger partial charge in [-0.25, -0.2) is 9.97 Å². The lowest BCUT2D eigenvalue weighted by Crippen LogP contribution is -2.39. The predicted octanol–water partition coefficient (Wildman–Crippen LogP) is 2.11. The summed E-state index contributed by atoms with van der Waals surface area (Å²) in [6, 6.07) is 6.02. The van der Waals surface area contributed by atoms with Gasteiger partial charge in [0.05, 0.1) is 18.8 Å². The van der Waals surface area contributed by atoms with Crippen molar-refractivity contribution in [2.75, 3.05) is 37.0 Å². The van der Waals surface area contributed by atoms with Crippen molar-refractivity contribution in [3.05, 3.63) is 41.6 Å². The fourth-order valence-corrected chi connectivity index (χ4v) is 2.66. The van der Waals surface area contributed by atoms with Crippen molar-refractivity contribution in [2.24, 2.45) is 0 Å². The van der Waals surface area contributed by atoms with Crippen LogP contribution in [0, 0.1) is 13.8 Å². The van der Waals surface area contributed by atoms with Crippen molar-refractivity contribution in [1.29, 1.82) is 0 Å². The van der Waals surface area contributed by atoms with Gasteiger partial charge in [0.2, 0.25) is 0 Å². The zero-order valence-electron chi connectivity index (χ0n) is 13.2. The van der Waals surface area contributed by atoms with Crippen LogP contribution in [0.3, 0.4) is 0 Å². The Morgan fingerprint density at radius 1 is 1.27 bits per heavy atom. The number of ether oxygens (including phenoxy) is 1. The number of aromatic nitrogens is 3. The maximum absolute atomic E-state index is 5.93. The molecule has 22 heavy (non-hydrogen) atoms. The van der Waals surface area contributed by atoms with Crippen LogP contribution in [-0.2, 0) is 4.74 Å². The van der Waals surface area contributed by atoms with E-state index in [1.807, 2.05) is 39.1 Å². The average molecular weight is 299 g/mol. The lowest BCUT2D eigenvalue weighted by atomic mass is 10.1. The minimum Gasteiger partial charge on any atom is -0.388 e. The molecule has 1 fully saturated rings. The number of nitrogens with zero attached hydrogens (tertiary/aromatic N) is 4. The Labute approximate surface area is 130 Å². The number of morpholine rings is 1. The largest absolute Gasteiger partial charge is 0.388 e. The normalized spacial score (nSPS) is 18.3. The van der Waals surface area contributed by atoms with Crippen LogP contribution in [0.25, 0.3) is 0 Å². The lowest BCUT2D eigenvalue weighted by Gasteiger charge is -2.33. The summed E-state index contributed by atoms with van der Waals surface area (Å²) in [5, 5.41) is 3.17. The molecule has 0 aromatic carbocycles. The quantitative estimate of drug-likeness (QED) is 0.936. The van der Waals surface area contributed by atoms with Gasteiger partial charge in [0.1, 0.15) is 17.7 Å². The highest BCUT2D eigenvalue weighted by molar-refractivity contribution is 5.46. The van der Waals surface area contributed by atoms with Crippen LogP contribution in [0.5, 0.6) is 0 Å². The summed E-state index contributed by atoms with van der Waals surface area (Å²) in [6.45, 7) is 6.15. The highest BCUT2D eigenvalue weighted by Gasteiger charge is 2.24. The number of anilines is 2. The second kappa shape index (κ2) is 6.27. The van der Waals surface area contributed by atoms with Crippen molar-refractivity contribution in [3.8, 4) is 0 Å². The third kappa shape index (κ3) is 3.17. The molecule has 0 amide bonds. The van der Waals surface area contributed by atoms with E-state index in [0.717, 1.165) is 41.8 Å². The SMILES string of the molecule is CNc1cc(C)nc([C@@H]2CN(c3ccnc(C)n3)CCO2)c1. The summed E-state index contributed by atoms with van der Waals surface area (Å²) in [7, 11) is 1.91. The molecular weight excluding hydrogens is 278 g/mol. The molecule has 1 aliphatic rings. The molecule has 0 saturated carbocycles. The Morgan fingerprint density at radius 2 is 2.14 bits per heavy atom. The fourth-order valence-electron chi connectivity index (χ4n) is 2.66. The Morgan fingerprint density at radius 3 is 2.91 bits per heavy atom. The van der Waals surface area contributed by atoms with E-state index in [4.69, 9.17) is 4.74 Å². The van der Waals surface area contributed by atoms with E-state index in [1.54, 1.807) is 6.20 Å². The van der Waals surface area contributed by atoms with Crippen molar-refractivity contribution < 1.29 is 4.74 Å². The van der Waals surface area contributed by atoms with E-state index < -0.39 is 0 Å². The minimum absolute atomic E-state index is 0.0454. The first kappa shape index (κ1) is 14.7. The summed E-state index contributed by atoms with van der Waals surface area (Å²) < 4.78 is 5.93. The van der Waals surface area contributed by atoms with Gasteiger partial charge in [0, 0.05) is 31.2 Å². The van der Waals surface area contributed by atoms with Crippen LogP contribution in [0.1, 0.15) is 23.3 Å². The van der Waals surface area contributed by atoms with Crippen molar-refractivity contribution >= 4 is 11.5 Å². The maximum Gasteiger partial charge on any atom is 0.132 e. The monoisotopic (exact) mass is 299 g/mol. The number of aryl methyl sites for hydroxylation is 2. The molecule has 2 aromatic rings. The average Bonchev–Trinajstić information content (AvgIpc) is 2.54. The molecule has 0 unspecified atom stereocenters. The summed E-state index contributed by atoms with van der Waals surface area (Å²) >= 11 is 0.